The molecule has 21 nitrogen and oxygen atoms in total. The van der Waals surface area contributed by atoms with Crippen molar-refractivity contribution in [2.24, 2.45) is 50.2 Å². The summed E-state index contributed by atoms with van der Waals surface area (Å²) in [6, 6.07) is 0. The van der Waals surface area contributed by atoms with Crippen molar-refractivity contribution in [3.05, 3.63) is 11.6 Å². The fourth-order valence-corrected chi connectivity index (χ4v) is 14.8. The molecule has 390 valence electrons. The smallest absolute Gasteiger partial charge is 0.335 e. The molecule has 0 bridgehead atoms. The zero-order valence-corrected chi connectivity index (χ0v) is 40.1. The molecule has 0 radical (unpaired) electrons. The average Bonchev–Trinajstić information content (AvgIpc) is 3.27. The minimum Gasteiger partial charge on any atom is -0.481 e. The van der Waals surface area contributed by atoms with Gasteiger partial charge in [-0.2, -0.15) is 0 Å². The van der Waals surface area contributed by atoms with Gasteiger partial charge in [0.25, 0.3) is 0 Å². The van der Waals surface area contributed by atoms with Crippen LogP contribution in [0.2, 0.25) is 0 Å². The summed E-state index contributed by atoms with van der Waals surface area (Å²) < 4.78 is 35.4. The number of carboxylic acid groups (broad SMARTS) is 3. The molecular weight excluding hydrogens is 913 g/mol. The van der Waals surface area contributed by atoms with Gasteiger partial charge in [0.15, 0.2) is 36.9 Å². The number of aliphatic hydroxyl groups excluding tert-OH is 8. The van der Waals surface area contributed by atoms with Gasteiger partial charge >= 0.3 is 17.9 Å². The fraction of sp³-hybridized carbons (Fsp3) is 0.875. The molecule has 7 fully saturated rings. The zero-order valence-electron chi connectivity index (χ0n) is 40.1. The lowest BCUT2D eigenvalue weighted by Crippen LogP contribution is -2.68. The summed E-state index contributed by atoms with van der Waals surface area (Å²) in [5.41, 5.74) is -2.22. The maximum atomic E-state index is 15.0. The van der Waals surface area contributed by atoms with Gasteiger partial charge in [0.2, 0.25) is 0 Å². The van der Waals surface area contributed by atoms with E-state index in [1.165, 1.54) is 0 Å². The van der Waals surface area contributed by atoms with Crippen LogP contribution in [0, 0.1) is 50.2 Å². The number of carbonyl (C=O) groups is 4. The molecule has 0 aromatic rings. The van der Waals surface area contributed by atoms with E-state index in [0.717, 1.165) is 24.8 Å². The Balaban J connectivity index is 1.08. The molecule has 0 aromatic carbocycles. The van der Waals surface area contributed by atoms with E-state index >= 15 is 0 Å². The summed E-state index contributed by atoms with van der Waals surface area (Å²) in [7, 11) is 0. The van der Waals surface area contributed by atoms with Crippen molar-refractivity contribution in [1.82, 2.24) is 0 Å². The van der Waals surface area contributed by atoms with Crippen LogP contribution < -0.4 is 0 Å². The van der Waals surface area contributed by atoms with Crippen molar-refractivity contribution in [3.63, 3.8) is 0 Å². The van der Waals surface area contributed by atoms with E-state index in [4.69, 9.17) is 28.4 Å². The van der Waals surface area contributed by atoms with Gasteiger partial charge in [-0.3, -0.25) is 9.59 Å². The molecule has 3 aliphatic heterocycles. The summed E-state index contributed by atoms with van der Waals surface area (Å²) in [6.07, 6.45) is -23.6. The van der Waals surface area contributed by atoms with Gasteiger partial charge < -0.3 is 84.6 Å². The monoisotopic (exact) mass is 984 g/mol. The normalized spacial score (nSPS) is 52.8. The van der Waals surface area contributed by atoms with Crippen LogP contribution in [0.5, 0.6) is 0 Å². The van der Waals surface area contributed by atoms with E-state index in [2.05, 4.69) is 27.7 Å². The molecule has 0 unspecified atom stereocenters. The minimum absolute atomic E-state index is 0.0182. The quantitative estimate of drug-likeness (QED) is 0.129. The number of carboxylic acids is 3. The molecule has 11 N–H and O–H groups in total. The molecule has 3 heterocycles. The number of aliphatic hydroxyl groups is 8. The third-order valence-corrected chi connectivity index (χ3v) is 19.3. The highest BCUT2D eigenvalue weighted by atomic mass is 16.8. The molecule has 24 atom stereocenters. The number of ether oxygens (including phenoxy) is 6. The highest BCUT2D eigenvalue weighted by molar-refractivity contribution is 5.95. The molecule has 69 heavy (non-hydrogen) atoms. The molecule has 8 rings (SSSR count). The summed E-state index contributed by atoms with van der Waals surface area (Å²) in [5.74, 6) is -4.90. The molecule has 0 amide bonds. The van der Waals surface area contributed by atoms with Crippen LogP contribution in [-0.2, 0) is 47.6 Å². The van der Waals surface area contributed by atoms with Crippen LogP contribution in [-0.4, -0.2) is 185 Å². The maximum absolute atomic E-state index is 15.0. The van der Waals surface area contributed by atoms with Gasteiger partial charge in [-0.1, -0.05) is 47.1 Å². The third kappa shape index (κ3) is 8.13. The van der Waals surface area contributed by atoms with Gasteiger partial charge in [0.1, 0.15) is 61.0 Å². The number of ketones is 1. The molecule has 4 saturated carbocycles. The lowest BCUT2D eigenvalue weighted by molar-refractivity contribution is -0.393. The largest absolute Gasteiger partial charge is 0.481 e. The van der Waals surface area contributed by atoms with Crippen LogP contribution in [0.4, 0.5) is 0 Å². The van der Waals surface area contributed by atoms with Crippen LogP contribution >= 0.6 is 0 Å². The number of rotatable bonds is 10. The molecule has 0 aromatic heterocycles. The Morgan fingerprint density at radius 1 is 0.638 bits per heavy atom. The first kappa shape index (κ1) is 52.6. The minimum atomic E-state index is -2.22. The SMILES string of the molecule is CC1(C)[C@@H](O[C@@H]2O[C@H](C(=O)O)[C@@H](O)[C@H](O)[C@H]2O[C@@H]2O[C@H](C(=O)O)[C@@H](O)[C@H](O)[C@H]2O[C@@H]2O[C@H](CO)[C@@H](O)[C@H](O)[C@H]2O)CC[C@]2(C)[C@H]3C(=O)C=C4[C@@H]5C[C@@](C)(C(=O)O)CC[C@]5(C)CC[C@@]4(C)[C@]3(C)CC[C@@H]12. The van der Waals surface area contributed by atoms with Crippen molar-refractivity contribution in [3.8, 4) is 0 Å². The van der Waals surface area contributed by atoms with Gasteiger partial charge in [0, 0.05) is 5.92 Å². The van der Waals surface area contributed by atoms with Crippen molar-refractivity contribution in [2.45, 2.75) is 204 Å². The lowest BCUT2D eigenvalue weighted by Gasteiger charge is -2.70. The lowest BCUT2D eigenvalue weighted by atomic mass is 9.33. The second-order valence-electron chi connectivity index (χ2n) is 23.4. The van der Waals surface area contributed by atoms with Crippen LogP contribution in [0.15, 0.2) is 11.6 Å². The Bertz CT molecular complexity index is 2050. The summed E-state index contributed by atoms with van der Waals surface area (Å²) in [5, 5.41) is 116. The van der Waals surface area contributed by atoms with E-state index in [9.17, 15) is 75.3 Å². The number of allylic oxidation sites excluding steroid dienone is 2. The van der Waals surface area contributed by atoms with Crippen molar-refractivity contribution < 1.29 is 104 Å². The van der Waals surface area contributed by atoms with Gasteiger partial charge in [-0.25, -0.2) is 9.59 Å². The molecule has 8 aliphatic rings. The number of hydrogen-bond acceptors (Lipinski definition) is 18. The van der Waals surface area contributed by atoms with Crippen LogP contribution in [0.1, 0.15) is 106 Å². The maximum Gasteiger partial charge on any atom is 0.335 e. The standard InChI is InChI=1S/C48H72O21/c1-43(2)23-8-11-48(7)36(21(50)16-19-20-17-45(4,42(62)63)13-12-44(20,3)14-15-47(19,48)6)46(23,5)10-9-24(43)65-40-34(29(55)27(53)32(66-40)37(58)59)69-41-35(30(56)28(54)33(67-41)38(60)61)68-39-31(57)26(52)25(51)22(18-49)64-39/h16,20,22-36,39-41,49,51-57H,8-15,17-18H2,1-7H3,(H,58,59)(H,60,61)(H,62,63)/t20-,22+,23-,24-,25+,26-,27-,28-,29-,30-,31+,32-,33-,34+,35+,36+,39-,40+,41-,44+,45-,46-,47+,48+/m0/s1. The van der Waals surface area contributed by atoms with Crippen molar-refractivity contribution >= 4 is 23.7 Å². The van der Waals surface area contributed by atoms with Crippen molar-refractivity contribution in [2.75, 3.05) is 6.61 Å². The predicted octanol–water partition coefficient (Wildman–Crippen LogP) is 0.0698. The molecular formula is C48H72O21. The van der Waals surface area contributed by atoms with E-state index in [1.807, 2.05) is 26.8 Å². The first-order valence-corrected chi connectivity index (χ1v) is 24.3. The Morgan fingerprint density at radius 2 is 1.19 bits per heavy atom. The average molecular weight is 985 g/mol. The Morgan fingerprint density at radius 3 is 1.74 bits per heavy atom. The zero-order chi connectivity index (χ0) is 50.9. The van der Waals surface area contributed by atoms with E-state index < -0.39 is 156 Å². The molecule has 3 saturated heterocycles. The van der Waals surface area contributed by atoms with Crippen LogP contribution in [0.25, 0.3) is 0 Å². The first-order valence-electron chi connectivity index (χ1n) is 24.3. The fourth-order valence-electron chi connectivity index (χ4n) is 14.8. The van der Waals surface area contributed by atoms with E-state index in [0.29, 0.717) is 38.5 Å². The molecule has 0 spiro atoms. The number of aliphatic carboxylic acids is 3. The van der Waals surface area contributed by atoms with Crippen LogP contribution in [0.3, 0.4) is 0 Å². The van der Waals surface area contributed by atoms with Gasteiger partial charge in [-0.15, -0.1) is 0 Å². The highest BCUT2D eigenvalue weighted by Gasteiger charge is 2.71. The summed E-state index contributed by atoms with van der Waals surface area (Å²) >= 11 is 0. The van der Waals surface area contributed by atoms with E-state index in [-0.39, 0.29) is 23.0 Å². The number of fused-ring (bicyclic) bond motifs is 7. The molecule has 21 heteroatoms. The van der Waals surface area contributed by atoms with E-state index in [1.54, 1.807) is 0 Å². The summed E-state index contributed by atoms with van der Waals surface area (Å²) in [6.45, 7) is 13.8. The predicted molar refractivity (Wildman–Crippen MR) is 232 cm³/mol. The summed E-state index contributed by atoms with van der Waals surface area (Å²) in [4.78, 5) is 52.3. The Kier molecular flexibility index (Phi) is 13.7. The van der Waals surface area contributed by atoms with Gasteiger partial charge in [-0.05, 0) is 110 Å². The Hall–Kier alpha value is -2.74. The number of hydrogen-bond donors (Lipinski definition) is 11. The number of carbonyl (C=O) groups excluding carboxylic acids is 1. The first-order chi connectivity index (χ1) is 32.0. The second kappa shape index (κ2) is 18.0. The second-order valence-corrected chi connectivity index (χ2v) is 23.4. The van der Waals surface area contributed by atoms with Gasteiger partial charge in [0.05, 0.1) is 18.1 Å². The van der Waals surface area contributed by atoms with Crippen molar-refractivity contribution in [1.29, 1.82) is 0 Å². The molecule has 5 aliphatic carbocycles. The Labute approximate surface area is 399 Å². The topological polar surface area (TPSA) is 346 Å². The third-order valence-electron chi connectivity index (χ3n) is 19.3. The highest BCUT2D eigenvalue weighted by Crippen LogP contribution is 2.75.